The molecule has 0 aliphatic heterocycles. The third-order valence-electron chi connectivity index (χ3n) is 1.85. The van der Waals surface area contributed by atoms with Crippen LogP contribution in [0.1, 0.15) is 5.69 Å². The summed E-state index contributed by atoms with van der Waals surface area (Å²) in [7, 11) is 0. The topological polar surface area (TPSA) is 70.4 Å². The molecule has 80 valence electrons. The van der Waals surface area contributed by atoms with Crippen LogP contribution in [0.4, 0.5) is 5.82 Å². The van der Waals surface area contributed by atoms with Crippen molar-refractivity contribution in [2.45, 2.75) is 0 Å². The van der Waals surface area contributed by atoms with Crippen molar-refractivity contribution in [1.82, 2.24) is 9.97 Å². The Kier molecular flexibility index (Phi) is 3.08. The second-order valence-electron chi connectivity index (χ2n) is 2.99. The number of nitrogens with zero attached hydrogens (tertiary/aromatic N) is 3. The smallest absolute Gasteiger partial charge is 0.146 e. The lowest BCUT2D eigenvalue weighted by molar-refractivity contribution is 0.471. The molecule has 0 saturated carbocycles. The summed E-state index contributed by atoms with van der Waals surface area (Å²) in [5, 5.41) is 13.3. The molecule has 0 amide bonds. The molecule has 0 saturated heterocycles. The third-order valence-corrected chi connectivity index (χ3v) is 1.85. The van der Waals surface area contributed by atoms with Gasteiger partial charge in [-0.15, -0.1) is 0 Å². The highest BCUT2D eigenvalue weighted by Gasteiger charge is 1.96. The Balaban J connectivity index is 2.03. The average Bonchev–Trinajstić information content (AvgIpc) is 2.33. The molecular formula is C11H10N4O. The molecule has 2 aromatic heterocycles. The Hall–Kier alpha value is -2.43. The lowest BCUT2D eigenvalue weighted by Gasteiger charge is -1.98. The van der Waals surface area contributed by atoms with Crippen LogP contribution in [-0.4, -0.2) is 21.3 Å². The van der Waals surface area contributed by atoms with E-state index in [0.29, 0.717) is 11.5 Å². The summed E-state index contributed by atoms with van der Waals surface area (Å²) < 4.78 is 0. The summed E-state index contributed by atoms with van der Waals surface area (Å²) in [6.07, 6.45) is 4.68. The van der Waals surface area contributed by atoms with Crippen LogP contribution in [-0.2, 0) is 0 Å². The van der Waals surface area contributed by atoms with Gasteiger partial charge in [0.2, 0.25) is 0 Å². The van der Waals surface area contributed by atoms with Crippen molar-refractivity contribution in [1.29, 1.82) is 0 Å². The second kappa shape index (κ2) is 4.88. The highest BCUT2D eigenvalue weighted by Crippen LogP contribution is 2.09. The van der Waals surface area contributed by atoms with E-state index in [-0.39, 0.29) is 5.75 Å². The van der Waals surface area contributed by atoms with Gasteiger partial charge in [0.25, 0.3) is 0 Å². The van der Waals surface area contributed by atoms with Gasteiger partial charge in [0.1, 0.15) is 17.3 Å². The van der Waals surface area contributed by atoms with Crippen LogP contribution in [0, 0.1) is 0 Å². The van der Waals surface area contributed by atoms with Crippen LogP contribution in [0.15, 0.2) is 47.8 Å². The first kappa shape index (κ1) is 10.1. The zero-order chi connectivity index (χ0) is 11.2. The predicted molar refractivity (Wildman–Crippen MR) is 61.4 cm³/mol. The van der Waals surface area contributed by atoms with E-state index in [1.165, 1.54) is 6.21 Å². The molecule has 2 N–H and O–H groups in total. The van der Waals surface area contributed by atoms with Gasteiger partial charge < -0.3 is 5.11 Å². The lowest BCUT2D eigenvalue weighted by atomic mass is 10.3. The molecule has 0 aromatic carbocycles. The van der Waals surface area contributed by atoms with Crippen molar-refractivity contribution in [3.63, 3.8) is 0 Å². The normalized spacial score (nSPS) is 10.5. The van der Waals surface area contributed by atoms with Gasteiger partial charge in [-0.3, -0.25) is 10.4 Å². The van der Waals surface area contributed by atoms with E-state index in [4.69, 9.17) is 0 Å². The van der Waals surface area contributed by atoms with E-state index < -0.39 is 0 Å². The Labute approximate surface area is 92.5 Å². The van der Waals surface area contributed by atoms with E-state index in [2.05, 4.69) is 20.5 Å². The van der Waals surface area contributed by atoms with Gasteiger partial charge in [0.05, 0.1) is 6.21 Å². The van der Waals surface area contributed by atoms with Crippen LogP contribution in [0.5, 0.6) is 5.75 Å². The van der Waals surface area contributed by atoms with Crippen molar-refractivity contribution in [2.75, 3.05) is 5.43 Å². The Bertz CT molecular complexity index is 484. The molecule has 2 rings (SSSR count). The molecule has 0 atom stereocenters. The first-order valence-corrected chi connectivity index (χ1v) is 4.70. The molecule has 0 bridgehead atoms. The van der Waals surface area contributed by atoms with Crippen molar-refractivity contribution >= 4 is 12.0 Å². The van der Waals surface area contributed by atoms with E-state index in [9.17, 15) is 5.11 Å². The number of nitrogens with one attached hydrogen (secondary N) is 1. The SMILES string of the molecule is Oc1cccnc1C=NNc1ccccn1. The van der Waals surface area contributed by atoms with Crippen LogP contribution < -0.4 is 5.43 Å². The quantitative estimate of drug-likeness (QED) is 0.601. The first-order valence-electron chi connectivity index (χ1n) is 4.70. The highest BCUT2D eigenvalue weighted by atomic mass is 16.3. The Morgan fingerprint density at radius 2 is 2.00 bits per heavy atom. The molecule has 0 fully saturated rings. The van der Waals surface area contributed by atoms with E-state index in [0.717, 1.165) is 0 Å². The van der Waals surface area contributed by atoms with Gasteiger partial charge in [-0.1, -0.05) is 6.07 Å². The van der Waals surface area contributed by atoms with Crippen molar-refractivity contribution < 1.29 is 5.11 Å². The van der Waals surface area contributed by atoms with Gasteiger partial charge in [-0.25, -0.2) is 4.98 Å². The minimum absolute atomic E-state index is 0.0917. The maximum absolute atomic E-state index is 9.41. The fourth-order valence-corrected chi connectivity index (χ4v) is 1.10. The molecule has 2 heterocycles. The molecular weight excluding hydrogens is 204 g/mol. The van der Waals surface area contributed by atoms with Crippen LogP contribution in [0.3, 0.4) is 0 Å². The number of anilines is 1. The van der Waals surface area contributed by atoms with E-state index in [1.54, 1.807) is 30.6 Å². The summed E-state index contributed by atoms with van der Waals surface area (Å²) in [6, 6.07) is 8.66. The summed E-state index contributed by atoms with van der Waals surface area (Å²) in [6.45, 7) is 0. The zero-order valence-corrected chi connectivity index (χ0v) is 8.41. The lowest BCUT2D eigenvalue weighted by Crippen LogP contribution is -1.94. The van der Waals surface area contributed by atoms with Gasteiger partial charge in [0, 0.05) is 12.4 Å². The van der Waals surface area contributed by atoms with Crippen LogP contribution in [0.2, 0.25) is 0 Å². The third kappa shape index (κ3) is 2.54. The molecule has 0 aliphatic carbocycles. The summed E-state index contributed by atoms with van der Waals surface area (Å²) >= 11 is 0. The maximum Gasteiger partial charge on any atom is 0.146 e. The molecule has 5 heteroatoms. The monoisotopic (exact) mass is 214 g/mol. The summed E-state index contributed by atoms with van der Waals surface area (Å²) in [5.74, 6) is 0.725. The van der Waals surface area contributed by atoms with Crippen molar-refractivity contribution in [3.8, 4) is 5.75 Å². The zero-order valence-electron chi connectivity index (χ0n) is 8.41. The van der Waals surface area contributed by atoms with E-state index in [1.807, 2.05) is 12.1 Å². The first-order chi connectivity index (χ1) is 7.86. The maximum atomic E-state index is 9.41. The molecule has 16 heavy (non-hydrogen) atoms. The number of aromatic nitrogens is 2. The van der Waals surface area contributed by atoms with Gasteiger partial charge in [-0.05, 0) is 24.3 Å². The number of aromatic hydroxyl groups is 1. The Morgan fingerprint density at radius 3 is 2.75 bits per heavy atom. The molecule has 0 aliphatic rings. The molecule has 0 unspecified atom stereocenters. The molecule has 2 aromatic rings. The van der Waals surface area contributed by atoms with Gasteiger partial charge in [-0.2, -0.15) is 5.10 Å². The summed E-state index contributed by atoms with van der Waals surface area (Å²) in [5.41, 5.74) is 3.14. The number of hydrogen-bond donors (Lipinski definition) is 2. The highest BCUT2D eigenvalue weighted by molar-refractivity contribution is 5.80. The van der Waals surface area contributed by atoms with Gasteiger partial charge in [0.15, 0.2) is 0 Å². The number of rotatable bonds is 3. The number of hydrogen-bond acceptors (Lipinski definition) is 5. The van der Waals surface area contributed by atoms with Crippen molar-refractivity contribution in [2.24, 2.45) is 5.10 Å². The fraction of sp³-hybridized carbons (Fsp3) is 0. The largest absolute Gasteiger partial charge is 0.506 e. The van der Waals surface area contributed by atoms with Crippen LogP contribution >= 0.6 is 0 Å². The molecule has 5 nitrogen and oxygen atoms in total. The standard InChI is InChI=1S/C11H10N4O/c16-10-4-3-7-12-9(10)8-14-15-11-5-1-2-6-13-11/h1-8,16H,(H,13,15). The Morgan fingerprint density at radius 1 is 1.12 bits per heavy atom. The fourth-order valence-electron chi connectivity index (χ4n) is 1.10. The van der Waals surface area contributed by atoms with E-state index >= 15 is 0 Å². The minimum atomic E-state index is 0.0917. The summed E-state index contributed by atoms with van der Waals surface area (Å²) in [4.78, 5) is 7.97. The van der Waals surface area contributed by atoms with Gasteiger partial charge >= 0.3 is 0 Å². The van der Waals surface area contributed by atoms with Crippen LogP contribution in [0.25, 0.3) is 0 Å². The average molecular weight is 214 g/mol. The number of hydrazone groups is 1. The molecule has 0 radical (unpaired) electrons. The minimum Gasteiger partial charge on any atom is -0.506 e. The number of pyridine rings is 2. The molecule has 0 spiro atoms. The van der Waals surface area contributed by atoms with Crippen molar-refractivity contribution in [3.05, 3.63) is 48.4 Å². The predicted octanol–water partition coefficient (Wildman–Crippen LogP) is 1.63. The second-order valence-corrected chi connectivity index (χ2v) is 2.99.